The molecule has 13 heavy (non-hydrogen) atoms. The Bertz CT molecular complexity index is 279. The summed E-state index contributed by atoms with van der Waals surface area (Å²) in [5.41, 5.74) is 6.10. The number of primary amides is 1. The summed E-state index contributed by atoms with van der Waals surface area (Å²) in [5.74, 6) is -0.541. The Labute approximate surface area is 82.9 Å². The Hall–Kier alpha value is -1.09. The highest BCUT2D eigenvalue weighted by atomic mass is 35.5. The molecular formula is C9H13ClN2O. The van der Waals surface area contributed by atoms with Crippen LogP contribution in [0.1, 0.15) is 29.8 Å². The molecule has 0 aliphatic heterocycles. The van der Waals surface area contributed by atoms with Crippen molar-refractivity contribution < 1.29 is 4.79 Å². The molecule has 0 saturated heterocycles. The van der Waals surface area contributed by atoms with Crippen LogP contribution in [0.15, 0.2) is 12.3 Å². The van der Waals surface area contributed by atoms with E-state index in [1.54, 1.807) is 13.0 Å². The van der Waals surface area contributed by atoms with Gasteiger partial charge in [0.2, 0.25) is 0 Å². The van der Waals surface area contributed by atoms with E-state index in [9.17, 15) is 4.79 Å². The zero-order valence-corrected chi connectivity index (χ0v) is 8.72. The molecule has 1 aromatic heterocycles. The molecule has 0 spiro atoms. The number of aryl methyl sites for hydroxylation is 1. The first kappa shape index (κ1) is 11.9. The summed E-state index contributed by atoms with van der Waals surface area (Å²) < 4.78 is 0. The zero-order valence-electron chi connectivity index (χ0n) is 7.97. The molecule has 0 atom stereocenters. The molecule has 0 radical (unpaired) electrons. The van der Waals surface area contributed by atoms with Crippen LogP contribution in [0.3, 0.4) is 0 Å². The highest BCUT2D eigenvalue weighted by Gasteiger charge is 2.09. The van der Waals surface area contributed by atoms with Crippen LogP contribution in [0, 0.1) is 6.92 Å². The molecule has 1 rings (SSSR count). The molecule has 1 heterocycles. The summed E-state index contributed by atoms with van der Waals surface area (Å²) in [7, 11) is 0. The second kappa shape index (κ2) is 5.54. The summed E-state index contributed by atoms with van der Waals surface area (Å²) in [6.07, 6.45) is 1.53. The van der Waals surface area contributed by atoms with Gasteiger partial charge in [-0.3, -0.25) is 4.79 Å². The summed E-state index contributed by atoms with van der Waals surface area (Å²) in [6.45, 7) is 5.76. The van der Waals surface area contributed by atoms with Crippen molar-refractivity contribution in [3.63, 3.8) is 0 Å². The van der Waals surface area contributed by atoms with E-state index in [1.807, 2.05) is 13.8 Å². The van der Waals surface area contributed by atoms with E-state index in [-0.39, 0.29) is 5.15 Å². The second-order valence-electron chi connectivity index (χ2n) is 2.16. The van der Waals surface area contributed by atoms with Gasteiger partial charge in [0, 0.05) is 6.20 Å². The SMILES string of the molecule is CC.Cc1ccnc(Cl)c1C(N)=O. The van der Waals surface area contributed by atoms with Crippen molar-refractivity contribution in [2.24, 2.45) is 5.73 Å². The molecule has 4 heteroatoms. The summed E-state index contributed by atoms with van der Waals surface area (Å²) in [6, 6.07) is 1.69. The van der Waals surface area contributed by atoms with Crippen molar-refractivity contribution >= 4 is 17.5 Å². The number of amides is 1. The molecular weight excluding hydrogens is 188 g/mol. The van der Waals surface area contributed by atoms with Gasteiger partial charge in [0.25, 0.3) is 5.91 Å². The number of nitrogens with zero attached hydrogens (tertiary/aromatic N) is 1. The summed E-state index contributed by atoms with van der Waals surface area (Å²) >= 11 is 5.61. The van der Waals surface area contributed by atoms with E-state index in [0.29, 0.717) is 5.56 Å². The lowest BCUT2D eigenvalue weighted by molar-refractivity contribution is 0.0999. The highest BCUT2D eigenvalue weighted by Crippen LogP contribution is 2.14. The van der Waals surface area contributed by atoms with Gasteiger partial charge >= 0.3 is 0 Å². The Balaban J connectivity index is 0.000000671. The average Bonchev–Trinajstić information content (AvgIpc) is 2.07. The lowest BCUT2D eigenvalue weighted by Gasteiger charge is -2.00. The number of nitrogens with two attached hydrogens (primary N) is 1. The van der Waals surface area contributed by atoms with Crippen LogP contribution in [0.5, 0.6) is 0 Å². The van der Waals surface area contributed by atoms with Gasteiger partial charge in [0.1, 0.15) is 5.15 Å². The minimum absolute atomic E-state index is 0.164. The fourth-order valence-corrected chi connectivity index (χ4v) is 1.12. The lowest BCUT2D eigenvalue weighted by Crippen LogP contribution is -2.13. The highest BCUT2D eigenvalue weighted by molar-refractivity contribution is 6.32. The van der Waals surface area contributed by atoms with Crippen LogP contribution in [0.25, 0.3) is 0 Å². The third kappa shape index (κ3) is 3.03. The van der Waals surface area contributed by atoms with Crippen LogP contribution in [0.4, 0.5) is 0 Å². The Morgan fingerprint density at radius 3 is 2.38 bits per heavy atom. The number of carbonyl (C=O) groups is 1. The number of hydrogen-bond donors (Lipinski definition) is 1. The van der Waals surface area contributed by atoms with Gasteiger partial charge in [-0.25, -0.2) is 4.98 Å². The van der Waals surface area contributed by atoms with Crippen molar-refractivity contribution in [2.75, 3.05) is 0 Å². The molecule has 0 unspecified atom stereocenters. The lowest BCUT2D eigenvalue weighted by atomic mass is 10.1. The Morgan fingerprint density at radius 2 is 2.08 bits per heavy atom. The first-order valence-electron chi connectivity index (χ1n) is 4.04. The topological polar surface area (TPSA) is 56.0 Å². The van der Waals surface area contributed by atoms with Crippen LogP contribution in [0.2, 0.25) is 5.15 Å². The van der Waals surface area contributed by atoms with Crippen molar-refractivity contribution in [1.29, 1.82) is 0 Å². The number of pyridine rings is 1. The Morgan fingerprint density at radius 1 is 1.54 bits per heavy atom. The molecule has 0 saturated carbocycles. The van der Waals surface area contributed by atoms with E-state index in [2.05, 4.69) is 4.98 Å². The van der Waals surface area contributed by atoms with Crippen LogP contribution in [-0.2, 0) is 0 Å². The van der Waals surface area contributed by atoms with Gasteiger partial charge in [-0.15, -0.1) is 0 Å². The molecule has 0 aliphatic rings. The number of carbonyl (C=O) groups excluding carboxylic acids is 1. The predicted molar refractivity (Wildman–Crippen MR) is 53.8 cm³/mol. The Kier molecular flexibility index (Phi) is 5.07. The van der Waals surface area contributed by atoms with Gasteiger partial charge in [-0.1, -0.05) is 25.4 Å². The molecule has 0 fully saturated rings. The van der Waals surface area contributed by atoms with Crippen molar-refractivity contribution in [3.05, 3.63) is 28.5 Å². The van der Waals surface area contributed by atoms with Crippen LogP contribution in [-0.4, -0.2) is 10.9 Å². The maximum Gasteiger partial charge on any atom is 0.252 e. The molecule has 3 nitrogen and oxygen atoms in total. The number of halogens is 1. The van der Waals surface area contributed by atoms with Gasteiger partial charge in [0.05, 0.1) is 5.56 Å². The van der Waals surface area contributed by atoms with E-state index in [4.69, 9.17) is 17.3 Å². The second-order valence-corrected chi connectivity index (χ2v) is 2.52. The maximum atomic E-state index is 10.7. The smallest absolute Gasteiger partial charge is 0.252 e. The quantitative estimate of drug-likeness (QED) is 0.707. The molecule has 0 bridgehead atoms. The van der Waals surface area contributed by atoms with E-state index in [1.165, 1.54) is 6.20 Å². The first-order chi connectivity index (χ1) is 6.13. The zero-order chi connectivity index (χ0) is 10.4. The van der Waals surface area contributed by atoms with Gasteiger partial charge in [-0.05, 0) is 18.6 Å². The third-order valence-electron chi connectivity index (χ3n) is 1.36. The van der Waals surface area contributed by atoms with Gasteiger partial charge < -0.3 is 5.73 Å². The summed E-state index contributed by atoms with van der Waals surface area (Å²) in [4.78, 5) is 14.5. The molecule has 2 N–H and O–H groups in total. The van der Waals surface area contributed by atoms with E-state index >= 15 is 0 Å². The standard InChI is InChI=1S/C7H7ClN2O.C2H6/c1-4-2-3-10-6(8)5(4)7(9)11;1-2/h2-3H,1H3,(H2,9,11);1-2H3. The molecule has 1 aromatic rings. The van der Waals surface area contributed by atoms with Gasteiger partial charge in [-0.2, -0.15) is 0 Å². The van der Waals surface area contributed by atoms with E-state index < -0.39 is 5.91 Å². The summed E-state index contributed by atoms with van der Waals surface area (Å²) in [5, 5.41) is 0.164. The van der Waals surface area contributed by atoms with Crippen LogP contribution < -0.4 is 5.73 Å². The molecule has 0 aromatic carbocycles. The van der Waals surface area contributed by atoms with Crippen molar-refractivity contribution in [3.8, 4) is 0 Å². The fraction of sp³-hybridized carbons (Fsp3) is 0.333. The predicted octanol–water partition coefficient (Wildman–Crippen LogP) is 2.17. The largest absolute Gasteiger partial charge is 0.365 e. The molecule has 1 amide bonds. The van der Waals surface area contributed by atoms with Crippen LogP contribution >= 0.6 is 11.6 Å². The minimum Gasteiger partial charge on any atom is -0.365 e. The fourth-order valence-electron chi connectivity index (χ4n) is 0.821. The van der Waals surface area contributed by atoms with Crippen molar-refractivity contribution in [1.82, 2.24) is 4.98 Å². The first-order valence-corrected chi connectivity index (χ1v) is 4.41. The number of hydrogen-bond acceptors (Lipinski definition) is 2. The normalized spacial score (nSPS) is 8.62. The number of aromatic nitrogens is 1. The number of rotatable bonds is 1. The maximum absolute atomic E-state index is 10.7. The third-order valence-corrected chi connectivity index (χ3v) is 1.65. The van der Waals surface area contributed by atoms with Crippen molar-refractivity contribution in [2.45, 2.75) is 20.8 Å². The average molecular weight is 201 g/mol. The minimum atomic E-state index is -0.541. The van der Waals surface area contributed by atoms with Gasteiger partial charge in [0.15, 0.2) is 0 Å². The van der Waals surface area contributed by atoms with E-state index in [0.717, 1.165) is 5.56 Å². The monoisotopic (exact) mass is 200 g/mol. The molecule has 0 aliphatic carbocycles. The molecule has 72 valence electrons.